The van der Waals surface area contributed by atoms with E-state index in [-0.39, 0.29) is 18.2 Å². The third kappa shape index (κ3) is 5.24. The minimum Gasteiger partial charge on any atom is -0.465 e. The van der Waals surface area contributed by atoms with Gasteiger partial charge in [-0.15, -0.1) is 0 Å². The molecule has 0 amide bonds. The molecule has 0 radical (unpaired) electrons. The molecule has 0 aromatic rings. The van der Waals surface area contributed by atoms with Crippen molar-refractivity contribution in [3.63, 3.8) is 0 Å². The number of hydrogen-bond donors (Lipinski definition) is 1. The summed E-state index contributed by atoms with van der Waals surface area (Å²) < 4.78 is 11.0. The van der Waals surface area contributed by atoms with Crippen molar-refractivity contribution in [2.24, 2.45) is 0 Å². The average molecular weight is 300 g/mol. The number of ether oxygens (including phenoxy) is 2. The Labute approximate surface area is 129 Å². The first-order valence-electron chi connectivity index (χ1n) is 8.14. The van der Waals surface area contributed by atoms with Crippen LogP contribution in [0.2, 0.25) is 0 Å². The molecule has 0 aromatic carbocycles. The van der Waals surface area contributed by atoms with Crippen molar-refractivity contribution in [2.75, 3.05) is 26.2 Å². The molecule has 1 rings (SSSR count). The van der Waals surface area contributed by atoms with Gasteiger partial charge in [0.2, 0.25) is 0 Å². The monoisotopic (exact) mass is 300 g/mol. The molecule has 5 nitrogen and oxygen atoms in total. The summed E-state index contributed by atoms with van der Waals surface area (Å²) in [5, 5.41) is 3.30. The predicted molar refractivity (Wildman–Crippen MR) is 84.4 cm³/mol. The molecule has 0 bridgehead atoms. The number of carbonyl (C=O) groups is 1. The fourth-order valence-electron chi connectivity index (χ4n) is 3.21. The molecule has 1 saturated heterocycles. The molecule has 4 atom stereocenters. The molecule has 0 aliphatic carbocycles. The second kappa shape index (κ2) is 8.11. The van der Waals surface area contributed by atoms with Gasteiger partial charge in [-0.2, -0.15) is 0 Å². The Bertz CT molecular complexity index is 327. The predicted octanol–water partition coefficient (Wildman–Crippen LogP) is 1.81. The van der Waals surface area contributed by atoms with Crippen LogP contribution in [0.4, 0.5) is 0 Å². The van der Waals surface area contributed by atoms with Gasteiger partial charge in [0.25, 0.3) is 0 Å². The minimum atomic E-state index is -0.630. The van der Waals surface area contributed by atoms with Crippen LogP contribution in [0, 0.1) is 0 Å². The highest BCUT2D eigenvalue weighted by atomic mass is 16.5. The summed E-state index contributed by atoms with van der Waals surface area (Å²) in [5.41, 5.74) is -0.630. The van der Waals surface area contributed by atoms with Gasteiger partial charge in [-0.1, -0.05) is 6.92 Å². The molecule has 0 spiro atoms. The van der Waals surface area contributed by atoms with Gasteiger partial charge in [0.05, 0.1) is 18.8 Å². The highest BCUT2D eigenvalue weighted by Gasteiger charge is 2.38. The van der Waals surface area contributed by atoms with Crippen molar-refractivity contribution in [2.45, 2.75) is 71.8 Å². The standard InChI is InChI=1S/C16H32N2O3/c1-7-17-16(6,15(19)20-8-2)9-12(3)18-10-13(4)21-14(5)11-18/h12-14,17H,7-11H2,1-6H3. The van der Waals surface area contributed by atoms with Crippen LogP contribution in [-0.2, 0) is 14.3 Å². The van der Waals surface area contributed by atoms with Crippen LogP contribution < -0.4 is 5.32 Å². The van der Waals surface area contributed by atoms with E-state index in [1.54, 1.807) is 0 Å². The molecule has 1 N–H and O–H groups in total. The SMILES string of the molecule is CCNC(C)(CC(C)N1CC(C)OC(C)C1)C(=O)OCC. The smallest absolute Gasteiger partial charge is 0.326 e. The van der Waals surface area contributed by atoms with Crippen molar-refractivity contribution >= 4 is 5.97 Å². The highest BCUT2D eigenvalue weighted by Crippen LogP contribution is 2.21. The Kier molecular flexibility index (Phi) is 7.10. The van der Waals surface area contributed by atoms with Crippen molar-refractivity contribution in [1.29, 1.82) is 0 Å². The number of morpholine rings is 1. The Morgan fingerprint density at radius 1 is 1.38 bits per heavy atom. The van der Waals surface area contributed by atoms with Crippen LogP contribution in [0.3, 0.4) is 0 Å². The van der Waals surface area contributed by atoms with Gasteiger partial charge in [0, 0.05) is 19.1 Å². The van der Waals surface area contributed by atoms with Crippen molar-refractivity contribution in [3.8, 4) is 0 Å². The molecular weight excluding hydrogens is 268 g/mol. The van der Waals surface area contributed by atoms with Crippen molar-refractivity contribution < 1.29 is 14.3 Å². The van der Waals surface area contributed by atoms with E-state index in [4.69, 9.17) is 9.47 Å². The van der Waals surface area contributed by atoms with Crippen LogP contribution in [0.5, 0.6) is 0 Å². The van der Waals surface area contributed by atoms with Crippen molar-refractivity contribution in [1.82, 2.24) is 10.2 Å². The van der Waals surface area contributed by atoms with E-state index in [1.165, 1.54) is 0 Å². The minimum absolute atomic E-state index is 0.159. The summed E-state index contributed by atoms with van der Waals surface area (Å²) in [6.45, 7) is 15.2. The zero-order valence-corrected chi connectivity index (χ0v) is 14.4. The Hall–Kier alpha value is -0.650. The summed E-state index contributed by atoms with van der Waals surface area (Å²) in [4.78, 5) is 14.7. The van der Waals surface area contributed by atoms with Gasteiger partial charge in [-0.05, 0) is 47.6 Å². The first-order valence-corrected chi connectivity index (χ1v) is 8.14. The summed E-state index contributed by atoms with van der Waals surface area (Å²) in [6, 6.07) is 0.298. The Morgan fingerprint density at radius 2 is 1.95 bits per heavy atom. The number of carbonyl (C=O) groups excluding carboxylic acids is 1. The first kappa shape index (κ1) is 18.4. The molecule has 1 heterocycles. The van der Waals surface area contributed by atoms with Crippen LogP contribution >= 0.6 is 0 Å². The zero-order chi connectivity index (χ0) is 16.0. The second-order valence-electron chi connectivity index (χ2n) is 6.35. The normalized spacial score (nSPS) is 27.9. The lowest BCUT2D eigenvalue weighted by Crippen LogP contribution is -2.56. The maximum Gasteiger partial charge on any atom is 0.326 e. The topological polar surface area (TPSA) is 50.8 Å². The molecule has 0 saturated carbocycles. The number of hydrogen-bond acceptors (Lipinski definition) is 5. The molecule has 21 heavy (non-hydrogen) atoms. The third-order valence-corrected chi connectivity index (χ3v) is 4.07. The molecule has 1 fully saturated rings. The van der Waals surface area contributed by atoms with Gasteiger partial charge in [0.15, 0.2) is 0 Å². The number of rotatable bonds is 7. The summed E-state index contributed by atoms with van der Waals surface area (Å²) in [7, 11) is 0. The van der Waals surface area contributed by atoms with E-state index in [0.717, 1.165) is 26.1 Å². The summed E-state index contributed by atoms with van der Waals surface area (Å²) in [6.07, 6.45) is 1.22. The Balaban J connectivity index is 2.71. The lowest BCUT2D eigenvalue weighted by molar-refractivity contribution is -0.152. The van der Waals surface area contributed by atoms with Crippen LogP contribution in [-0.4, -0.2) is 60.9 Å². The van der Waals surface area contributed by atoms with Crippen LogP contribution in [0.25, 0.3) is 0 Å². The molecular formula is C16H32N2O3. The lowest BCUT2D eigenvalue weighted by atomic mass is 9.92. The largest absolute Gasteiger partial charge is 0.465 e. The van der Waals surface area contributed by atoms with E-state index >= 15 is 0 Å². The Morgan fingerprint density at radius 3 is 2.43 bits per heavy atom. The van der Waals surface area contributed by atoms with Gasteiger partial charge < -0.3 is 14.8 Å². The van der Waals surface area contributed by atoms with E-state index < -0.39 is 5.54 Å². The molecule has 1 aliphatic rings. The maximum atomic E-state index is 12.3. The zero-order valence-electron chi connectivity index (χ0n) is 14.4. The lowest BCUT2D eigenvalue weighted by Gasteiger charge is -2.41. The first-order chi connectivity index (χ1) is 9.82. The molecule has 5 heteroatoms. The van der Waals surface area contributed by atoms with E-state index in [2.05, 4.69) is 31.0 Å². The van der Waals surface area contributed by atoms with E-state index in [0.29, 0.717) is 12.6 Å². The van der Waals surface area contributed by atoms with Gasteiger partial charge in [-0.3, -0.25) is 9.69 Å². The third-order valence-electron chi connectivity index (χ3n) is 4.07. The molecule has 0 aromatic heterocycles. The fourth-order valence-corrected chi connectivity index (χ4v) is 3.21. The summed E-state index contributed by atoms with van der Waals surface area (Å²) >= 11 is 0. The summed E-state index contributed by atoms with van der Waals surface area (Å²) in [5.74, 6) is -0.159. The fraction of sp³-hybridized carbons (Fsp3) is 0.938. The second-order valence-corrected chi connectivity index (χ2v) is 6.35. The molecule has 1 aliphatic heterocycles. The number of nitrogens with one attached hydrogen (secondary N) is 1. The average Bonchev–Trinajstić information content (AvgIpc) is 2.38. The molecule has 4 unspecified atom stereocenters. The number of nitrogens with zero attached hydrogens (tertiary/aromatic N) is 1. The van der Waals surface area contributed by atoms with Crippen LogP contribution in [0.15, 0.2) is 0 Å². The number of likely N-dealkylation sites (N-methyl/N-ethyl adjacent to an activating group) is 1. The maximum absolute atomic E-state index is 12.3. The molecule has 124 valence electrons. The quantitative estimate of drug-likeness (QED) is 0.727. The van der Waals surface area contributed by atoms with E-state index in [1.807, 2.05) is 20.8 Å². The van der Waals surface area contributed by atoms with Gasteiger partial charge in [-0.25, -0.2) is 0 Å². The number of esters is 1. The van der Waals surface area contributed by atoms with Crippen molar-refractivity contribution in [3.05, 3.63) is 0 Å². The van der Waals surface area contributed by atoms with E-state index in [9.17, 15) is 4.79 Å². The highest BCUT2D eigenvalue weighted by molar-refractivity contribution is 5.80. The van der Waals surface area contributed by atoms with Gasteiger partial charge >= 0.3 is 5.97 Å². The van der Waals surface area contributed by atoms with Crippen LogP contribution in [0.1, 0.15) is 48.0 Å². The van der Waals surface area contributed by atoms with Gasteiger partial charge in [0.1, 0.15) is 5.54 Å².